The maximum absolute atomic E-state index is 9.72. The lowest BCUT2D eigenvalue weighted by molar-refractivity contribution is 0.157. The average Bonchev–Trinajstić information content (AvgIpc) is 2.59. The van der Waals surface area contributed by atoms with E-state index >= 15 is 0 Å². The quantitative estimate of drug-likeness (QED) is 0.748. The molecule has 1 aliphatic rings. The molecule has 0 amide bonds. The molecule has 0 spiro atoms. The Morgan fingerprint density at radius 3 is 3.14 bits per heavy atom. The zero-order chi connectivity index (χ0) is 10.1. The van der Waals surface area contributed by atoms with Gasteiger partial charge in [-0.05, 0) is 23.8 Å². The van der Waals surface area contributed by atoms with Crippen LogP contribution in [-0.2, 0) is 0 Å². The number of aliphatic hydroxyl groups excluding tert-OH is 1. The van der Waals surface area contributed by atoms with Crippen LogP contribution in [0.3, 0.4) is 0 Å². The van der Waals surface area contributed by atoms with Gasteiger partial charge in [-0.3, -0.25) is 0 Å². The van der Waals surface area contributed by atoms with E-state index < -0.39 is 6.10 Å². The summed E-state index contributed by atoms with van der Waals surface area (Å²) in [5.74, 6) is 0.118. The van der Waals surface area contributed by atoms with Crippen LogP contribution in [0, 0.1) is 0 Å². The molecule has 0 fully saturated rings. The molecule has 76 valence electrons. The van der Waals surface area contributed by atoms with Crippen LogP contribution in [0.4, 0.5) is 5.69 Å². The van der Waals surface area contributed by atoms with Gasteiger partial charge in [0.1, 0.15) is 0 Å². The number of aliphatic hydroxyl groups is 1. The summed E-state index contributed by atoms with van der Waals surface area (Å²) in [5.41, 5.74) is 7.71. The van der Waals surface area contributed by atoms with E-state index in [2.05, 4.69) is 21.2 Å². The molecule has 0 radical (unpaired) electrons. The minimum atomic E-state index is -0.460. The molecular formula is C10H13BrN2O. The van der Waals surface area contributed by atoms with Crippen molar-refractivity contribution in [1.29, 1.82) is 0 Å². The van der Waals surface area contributed by atoms with E-state index in [0.717, 1.165) is 22.3 Å². The minimum Gasteiger partial charge on any atom is -0.391 e. The van der Waals surface area contributed by atoms with Gasteiger partial charge in [0.25, 0.3) is 0 Å². The first-order chi connectivity index (χ1) is 6.72. The first kappa shape index (κ1) is 9.96. The molecular weight excluding hydrogens is 244 g/mol. The SMILES string of the molecule is NCC(O)C1CNc2ccc(Br)cc21. The second kappa shape index (κ2) is 3.88. The fraction of sp³-hybridized carbons (Fsp3) is 0.400. The van der Waals surface area contributed by atoms with Crippen LogP contribution in [0.15, 0.2) is 22.7 Å². The number of benzene rings is 1. The number of halogens is 1. The van der Waals surface area contributed by atoms with Gasteiger partial charge in [-0.2, -0.15) is 0 Å². The predicted octanol–water partition coefficient (Wildman–Crippen LogP) is 1.28. The minimum absolute atomic E-state index is 0.118. The van der Waals surface area contributed by atoms with Crippen LogP contribution >= 0.6 is 15.9 Å². The van der Waals surface area contributed by atoms with Crippen molar-refractivity contribution >= 4 is 21.6 Å². The number of hydrogen-bond donors (Lipinski definition) is 3. The summed E-state index contributed by atoms with van der Waals surface area (Å²) >= 11 is 3.42. The number of anilines is 1. The fourth-order valence-electron chi connectivity index (χ4n) is 1.84. The molecule has 1 aromatic carbocycles. The van der Waals surface area contributed by atoms with Crippen molar-refractivity contribution in [3.63, 3.8) is 0 Å². The van der Waals surface area contributed by atoms with Crippen molar-refractivity contribution in [3.05, 3.63) is 28.2 Å². The Bertz CT molecular complexity index is 343. The summed E-state index contributed by atoms with van der Waals surface area (Å²) in [6.07, 6.45) is -0.460. The fourth-order valence-corrected chi connectivity index (χ4v) is 2.22. The monoisotopic (exact) mass is 256 g/mol. The maximum atomic E-state index is 9.72. The molecule has 1 aromatic rings. The van der Waals surface area contributed by atoms with Gasteiger partial charge in [0, 0.05) is 29.2 Å². The Labute approximate surface area is 91.4 Å². The van der Waals surface area contributed by atoms with Gasteiger partial charge in [0.15, 0.2) is 0 Å². The van der Waals surface area contributed by atoms with Crippen molar-refractivity contribution in [3.8, 4) is 0 Å². The maximum Gasteiger partial charge on any atom is 0.0748 e. The van der Waals surface area contributed by atoms with E-state index in [1.165, 1.54) is 0 Å². The van der Waals surface area contributed by atoms with Crippen LogP contribution in [0.25, 0.3) is 0 Å². The zero-order valence-electron chi connectivity index (χ0n) is 7.70. The second-order valence-corrected chi connectivity index (χ2v) is 4.44. The van der Waals surface area contributed by atoms with E-state index in [9.17, 15) is 5.11 Å². The standard InChI is InChI=1S/C10H13BrN2O/c11-6-1-2-9-7(3-6)8(5-13-9)10(14)4-12/h1-3,8,10,13-14H,4-5,12H2. The lowest BCUT2D eigenvalue weighted by atomic mass is 9.95. The first-order valence-electron chi connectivity index (χ1n) is 4.64. The molecule has 4 N–H and O–H groups in total. The van der Waals surface area contributed by atoms with Gasteiger partial charge in [-0.1, -0.05) is 15.9 Å². The summed E-state index contributed by atoms with van der Waals surface area (Å²) in [5, 5.41) is 13.0. The molecule has 2 unspecified atom stereocenters. The van der Waals surface area contributed by atoms with Crippen LogP contribution in [0.5, 0.6) is 0 Å². The molecule has 0 aromatic heterocycles. The van der Waals surface area contributed by atoms with E-state index in [-0.39, 0.29) is 5.92 Å². The largest absolute Gasteiger partial charge is 0.391 e. The summed E-state index contributed by atoms with van der Waals surface area (Å²) in [4.78, 5) is 0. The molecule has 3 nitrogen and oxygen atoms in total. The van der Waals surface area contributed by atoms with Crippen LogP contribution < -0.4 is 11.1 Å². The molecule has 0 saturated carbocycles. The molecule has 1 aliphatic heterocycles. The van der Waals surface area contributed by atoms with Gasteiger partial charge < -0.3 is 16.2 Å². The molecule has 14 heavy (non-hydrogen) atoms. The van der Waals surface area contributed by atoms with Crippen molar-refractivity contribution < 1.29 is 5.11 Å². The molecule has 0 aliphatic carbocycles. The van der Waals surface area contributed by atoms with Crippen LogP contribution in [-0.4, -0.2) is 24.3 Å². The average molecular weight is 257 g/mol. The Morgan fingerprint density at radius 2 is 2.43 bits per heavy atom. The highest BCUT2D eigenvalue weighted by Gasteiger charge is 2.27. The van der Waals surface area contributed by atoms with Crippen molar-refractivity contribution in [2.24, 2.45) is 5.73 Å². The third-order valence-electron chi connectivity index (χ3n) is 2.63. The molecule has 2 rings (SSSR count). The highest BCUT2D eigenvalue weighted by Crippen LogP contribution is 2.35. The van der Waals surface area contributed by atoms with Crippen LogP contribution in [0.2, 0.25) is 0 Å². The number of fused-ring (bicyclic) bond motifs is 1. The summed E-state index contributed by atoms with van der Waals surface area (Å²) < 4.78 is 1.04. The summed E-state index contributed by atoms with van der Waals surface area (Å²) in [6, 6.07) is 6.05. The number of nitrogens with two attached hydrogens (primary N) is 1. The lowest BCUT2D eigenvalue weighted by Gasteiger charge is -2.15. The Balaban J connectivity index is 2.33. The lowest BCUT2D eigenvalue weighted by Crippen LogP contribution is -2.28. The van der Waals surface area contributed by atoms with E-state index in [0.29, 0.717) is 6.54 Å². The number of hydrogen-bond acceptors (Lipinski definition) is 3. The Hall–Kier alpha value is -0.580. The molecule has 0 saturated heterocycles. The van der Waals surface area contributed by atoms with E-state index in [1.54, 1.807) is 0 Å². The molecule has 0 bridgehead atoms. The number of nitrogens with one attached hydrogen (secondary N) is 1. The highest BCUT2D eigenvalue weighted by molar-refractivity contribution is 9.10. The van der Waals surface area contributed by atoms with Gasteiger partial charge in [0.2, 0.25) is 0 Å². The predicted molar refractivity (Wildman–Crippen MR) is 60.4 cm³/mol. The third-order valence-corrected chi connectivity index (χ3v) is 3.12. The molecule has 4 heteroatoms. The smallest absolute Gasteiger partial charge is 0.0748 e. The van der Waals surface area contributed by atoms with Crippen molar-refractivity contribution in [1.82, 2.24) is 0 Å². The van der Waals surface area contributed by atoms with Gasteiger partial charge >= 0.3 is 0 Å². The van der Waals surface area contributed by atoms with Crippen LogP contribution in [0.1, 0.15) is 11.5 Å². The zero-order valence-corrected chi connectivity index (χ0v) is 9.29. The van der Waals surface area contributed by atoms with E-state index in [4.69, 9.17) is 5.73 Å². The first-order valence-corrected chi connectivity index (χ1v) is 5.43. The Morgan fingerprint density at radius 1 is 1.64 bits per heavy atom. The van der Waals surface area contributed by atoms with E-state index in [1.807, 2.05) is 18.2 Å². The van der Waals surface area contributed by atoms with Gasteiger partial charge in [-0.25, -0.2) is 0 Å². The molecule has 1 heterocycles. The van der Waals surface area contributed by atoms with Gasteiger partial charge in [0.05, 0.1) is 6.10 Å². The molecule has 2 atom stereocenters. The topological polar surface area (TPSA) is 58.3 Å². The van der Waals surface area contributed by atoms with Crippen molar-refractivity contribution in [2.45, 2.75) is 12.0 Å². The summed E-state index contributed by atoms with van der Waals surface area (Å²) in [6.45, 7) is 1.07. The summed E-state index contributed by atoms with van der Waals surface area (Å²) in [7, 11) is 0. The third kappa shape index (κ3) is 1.65. The number of rotatable bonds is 2. The highest BCUT2D eigenvalue weighted by atomic mass is 79.9. The normalized spacial score (nSPS) is 21.5. The van der Waals surface area contributed by atoms with Crippen molar-refractivity contribution in [2.75, 3.05) is 18.4 Å². The second-order valence-electron chi connectivity index (χ2n) is 3.52. The Kier molecular flexibility index (Phi) is 2.76. The van der Waals surface area contributed by atoms with Gasteiger partial charge in [-0.15, -0.1) is 0 Å².